The molecule has 0 fully saturated rings. The van der Waals surface area contributed by atoms with Gasteiger partial charge in [-0.25, -0.2) is 14.2 Å². The van der Waals surface area contributed by atoms with E-state index in [2.05, 4.69) is 15.4 Å². The van der Waals surface area contributed by atoms with Crippen molar-refractivity contribution in [2.45, 2.75) is 25.7 Å². The minimum absolute atomic E-state index is 0.315. The molecule has 3 aromatic rings. The summed E-state index contributed by atoms with van der Waals surface area (Å²) in [5, 5.41) is 4.10. The van der Waals surface area contributed by atoms with E-state index >= 15 is 0 Å². The van der Waals surface area contributed by atoms with Crippen molar-refractivity contribution >= 4 is 17.8 Å². The van der Waals surface area contributed by atoms with Gasteiger partial charge < -0.3 is 9.64 Å². The van der Waals surface area contributed by atoms with E-state index in [-0.39, 0.29) is 5.91 Å². The second-order valence-corrected chi connectivity index (χ2v) is 8.55. The molecule has 0 saturated heterocycles. The summed E-state index contributed by atoms with van der Waals surface area (Å²) in [6.45, 7) is 4.73. The maximum absolute atomic E-state index is 14.0. The predicted molar refractivity (Wildman–Crippen MR) is 134 cm³/mol. The van der Waals surface area contributed by atoms with Gasteiger partial charge in [-0.05, 0) is 79.9 Å². The zero-order valence-electron chi connectivity index (χ0n) is 19.9. The van der Waals surface area contributed by atoms with E-state index in [0.717, 1.165) is 23.0 Å². The third-order valence-electron chi connectivity index (χ3n) is 6.25. The molecule has 1 unspecified atom stereocenters. The second kappa shape index (κ2) is 10.1. The summed E-state index contributed by atoms with van der Waals surface area (Å²) in [7, 11) is 1.60. The highest BCUT2D eigenvalue weighted by Crippen LogP contribution is 2.50. The third kappa shape index (κ3) is 4.94. The average Bonchev–Trinajstić information content (AvgIpc) is 3.07. The van der Waals surface area contributed by atoms with E-state index in [1.54, 1.807) is 31.4 Å². The number of methoxy groups -OCH3 is 1. The molecule has 0 bridgehead atoms. The molecule has 0 spiro atoms. The van der Waals surface area contributed by atoms with Crippen molar-refractivity contribution in [3.05, 3.63) is 107 Å². The fourth-order valence-electron chi connectivity index (χ4n) is 4.66. The highest BCUT2D eigenvalue weighted by Gasteiger charge is 2.43. The number of benzene rings is 3. The molecule has 5 nitrogen and oxygen atoms in total. The van der Waals surface area contributed by atoms with Gasteiger partial charge in [0, 0.05) is 41.2 Å². The predicted octanol–water partition coefficient (Wildman–Crippen LogP) is 5.61. The van der Waals surface area contributed by atoms with Crippen molar-refractivity contribution in [3.8, 4) is 5.75 Å². The summed E-state index contributed by atoms with van der Waals surface area (Å²) in [6, 6.07) is 18.2. The van der Waals surface area contributed by atoms with E-state index in [0.29, 0.717) is 29.8 Å². The van der Waals surface area contributed by atoms with Crippen molar-refractivity contribution in [2.24, 2.45) is 5.10 Å². The lowest BCUT2D eigenvalue weighted by Gasteiger charge is -2.30. The number of hydrogen-bond acceptors (Lipinski definition) is 4. The number of ether oxygens (including phenoxy) is 1. The lowest BCUT2D eigenvalue weighted by Crippen LogP contribution is -2.31. The first kappa shape index (κ1) is 24.1. The Kier molecular flexibility index (Phi) is 6.96. The molecule has 1 atom stereocenters. The SMILES string of the molecule is CCN1/C(=C\C=N\NC(=O)c2ccccc2)C(C)(Cc2cc(F)cc(F)c2)c2cc(OC)ccc21. The molecular formula is C28H27F2N3O2. The van der Waals surface area contributed by atoms with Gasteiger partial charge in [-0.2, -0.15) is 5.10 Å². The lowest BCUT2D eigenvalue weighted by atomic mass is 9.76. The van der Waals surface area contributed by atoms with Crippen molar-refractivity contribution < 1.29 is 18.3 Å². The molecule has 1 amide bonds. The number of hydrazone groups is 1. The summed E-state index contributed by atoms with van der Waals surface area (Å²) >= 11 is 0. The number of halogens is 2. The molecule has 7 heteroatoms. The van der Waals surface area contributed by atoms with Crippen LogP contribution in [0.1, 0.15) is 35.3 Å². The molecule has 3 aromatic carbocycles. The summed E-state index contributed by atoms with van der Waals surface area (Å²) < 4.78 is 33.5. The van der Waals surface area contributed by atoms with Crippen molar-refractivity contribution in [1.82, 2.24) is 5.43 Å². The molecule has 4 rings (SSSR count). The molecular weight excluding hydrogens is 448 g/mol. The number of carbonyl (C=O) groups excluding carboxylic acids is 1. The van der Waals surface area contributed by atoms with Crippen LogP contribution < -0.4 is 15.1 Å². The summed E-state index contributed by atoms with van der Waals surface area (Å²) in [4.78, 5) is 14.4. The van der Waals surface area contributed by atoms with Gasteiger partial charge in [0.15, 0.2) is 0 Å². The zero-order chi connectivity index (χ0) is 25.0. The van der Waals surface area contributed by atoms with Crippen LogP contribution in [0.4, 0.5) is 14.5 Å². The van der Waals surface area contributed by atoms with Crippen LogP contribution in [0, 0.1) is 11.6 Å². The van der Waals surface area contributed by atoms with Gasteiger partial charge in [0.25, 0.3) is 5.91 Å². The number of amides is 1. The average molecular weight is 476 g/mol. The standard InChI is InChI=1S/C28H27F2N3O2/c1-4-33-25-11-10-23(35-3)17-24(25)28(2,18-19-14-21(29)16-22(30)15-19)26(33)12-13-31-32-27(34)20-8-6-5-7-9-20/h5-17H,4,18H2,1-3H3,(H,32,34)/b26-12-,31-13+. The normalized spacial score (nSPS) is 18.2. The molecule has 35 heavy (non-hydrogen) atoms. The number of allylic oxidation sites excluding steroid dienone is 2. The van der Waals surface area contributed by atoms with Gasteiger partial charge in [-0.1, -0.05) is 18.2 Å². The Morgan fingerprint density at radius 2 is 1.80 bits per heavy atom. The summed E-state index contributed by atoms with van der Waals surface area (Å²) in [6.07, 6.45) is 3.72. The first-order valence-electron chi connectivity index (χ1n) is 11.4. The molecule has 1 aliphatic rings. The Labute approximate surface area is 203 Å². The van der Waals surface area contributed by atoms with Gasteiger partial charge in [0.1, 0.15) is 17.4 Å². The Bertz CT molecular complexity index is 1270. The van der Waals surface area contributed by atoms with E-state index in [1.165, 1.54) is 18.3 Å². The van der Waals surface area contributed by atoms with E-state index in [1.807, 2.05) is 44.2 Å². The topological polar surface area (TPSA) is 53.9 Å². The van der Waals surface area contributed by atoms with Crippen LogP contribution in [0.25, 0.3) is 0 Å². The molecule has 0 radical (unpaired) electrons. The summed E-state index contributed by atoms with van der Waals surface area (Å²) in [5.41, 5.74) is 5.81. The van der Waals surface area contributed by atoms with Crippen LogP contribution in [0.3, 0.4) is 0 Å². The fraction of sp³-hybridized carbons (Fsp3) is 0.214. The zero-order valence-corrected chi connectivity index (χ0v) is 19.9. The van der Waals surface area contributed by atoms with Crippen LogP contribution in [0.2, 0.25) is 0 Å². The minimum atomic E-state index is -0.629. The first-order chi connectivity index (χ1) is 16.9. The Balaban J connectivity index is 1.71. The molecule has 1 heterocycles. The van der Waals surface area contributed by atoms with Crippen molar-refractivity contribution in [1.29, 1.82) is 0 Å². The first-order valence-corrected chi connectivity index (χ1v) is 11.4. The van der Waals surface area contributed by atoms with Crippen LogP contribution in [-0.4, -0.2) is 25.8 Å². The number of likely N-dealkylation sites (N-methyl/N-ethyl adjacent to an activating group) is 1. The number of carbonyl (C=O) groups is 1. The number of anilines is 1. The van der Waals surface area contributed by atoms with Gasteiger partial charge >= 0.3 is 0 Å². The number of rotatable bonds is 7. The quantitative estimate of drug-likeness (QED) is 0.357. The van der Waals surface area contributed by atoms with E-state index < -0.39 is 17.0 Å². The fourth-order valence-corrected chi connectivity index (χ4v) is 4.66. The van der Waals surface area contributed by atoms with Gasteiger partial charge in [-0.3, -0.25) is 4.79 Å². The van der Waals surface area contributed by atoms with Crippen LogP contribution in [0.5, 0.6) is 5.75 Å². The summed E-state index contributed by atoms with van der Waals surface area (Å²) in [5.74, 6) is -0.849. The second-order valence-electron chi connectivity index (χ2n) is 8.55. The maximum Gasteiger partial charge on any atom is 0.271 e. The maximum atomic E-state index is 14.0. The Morgan fingerprint density at radius 1 is 1.09 bits per heavy atom. The third-order valence-corrected chi connectivity index (χ3v) is 6.25. The Morgan fingerprint density at radius 3 is 2.46 bits per heavy atom. The molecule has 180 valence electrons. The van der Waals surface area contributed by atoms with Gasteiger partial charge in [0.2, 0.25) is 0 Å². The number of hydrogen-bond donors (Lipinski definition) is 1. The largest absolute Gasteiger partial charge is 0.497 e. The minimum Gasteiger partial charge on any atom is -0.497 e. The van der Waals surface area contributed by atoms with Crippen molar-refractivity contribution in [2.75, 3.05) is 18.6 Å². The number of nitrogens with zero attached hydrogens (tertiary/aromatic N) is 2. The van der Waals surface area contributed by atoms with Crippen LogP contribution in [-0.2, 0) is 11.8 Å². The van der Waals surface area contributed by atoms with Gasteiger partial charge in [0.05, 0.1) is 7.11 Å². The molecule has 0 saturated carbocycles. The van der Waals surface area contributed by atoms with E-state index in [4.69, 9.17) is 4.74 Å². The Hall–Kier alpha value is -4.00. The highest BCUT2D eigenvalue weighted by atomic mass is 19.1. The molecule has 1 aliphatic heterocycles. The molecule has 0 aliphatic carbocycles. The van der Waals surface area contributed by atoms with Gasteiger partial charge in [-0.15, -0.1) is 0 Å². The van der Waals surface area contributed by atoms with Crippen LogP contribution in [0.15, 0.2) is 83.6 Å². The van der Waals surface area contributed by atoms with Crippen molar-refractivity contribution in [3.63, 3.8) is 0 Å². The lowest BCUT2D eigenvalue weighted by molar-refractivity contribution is 0.0955. The van der Waals surface area contributed by atoms with E-state index in [9.17, 15) is 13.6 Å². The monoisotopic (exact) mass is 475 g/mol. The smallest absolute Gasteiger partial charge is 0.271 e. The molecule has 0 aromatic heterocycles. The van der Waals surface area contributed by atoms with Crippen LogP contribution >= 0.6 is 0 Å². The number of fused-ring (bicyclic) bond motifs is 1. The molecule has 1 N–H and O–H groups in total. The highest BCUT2D eigenvalue weighted by molar-refractivity contribution is 5.94. The number of nitrogens with one attached hydrogen (secondary N) is 1.